The second-order valence-corrected chi connectivity index (χ2v) is 5.51. The third-order valence-corrected chi connectivity index (χ3v) is 3.97. The van der Waals surface area contributed by atoms with Gasteiger partial charge in [-0.3, -0.25) is 9.59 Å². The van der Waals surface area contributed by atoms with Crippen molar-refractivity contribution in [3.63, 3.8) is 0 Å². The standard InChI is InChI=1S/C13H22N2O3/c16-12(6-11-7-14-8-11)15-5-1-2-10(9-15)3-4-13(17)18/h10-11,14H,1-9H2,(H,17,18). The molecule has 1 unspecified atom stereocenters. The van der Waals surface area contributed by atoms with Crippen molar-refractivity contribution in [1.29, 1.82) is 0 Å². The second kappa shape index (κ2) is 6.18. The first-order chi connectivity index (χ1) is 8.65. The van der Waals surface area contributed by atoms with Gasteiger partial charge in [-0.15, -0.1) is 0 Å². The van der Waals surface area contributed by atoms with Gasteiger partial charge in [-0.25, -0.2) is 0 Å². The van der Waals surface area contributed by atoms with Gasteiger partial charge in [0.25, 0.3) is 0 Å². The maximum Gasteiger partial charge on any atom is 0.303 e. The van der Waals surface area contributed by atoms with Crippen LogP contribution in [-0.2, 0) is 9.59 Å². The van der Waals surface area contributed by atoms with Crippen LogP contribution in [0.1, 0.15) is 32.1 Å². The molecule has 102 valence electrons. The smallest absolute Gasteiger partial charge is 0.303 e. The van der Waals surface area contributed by atoms with Crippen molar-refractivity contribution in [3.05, 3.63) is 0 Å². The number of carboxylic acids is 1. The third-order valence-electron chi connectivity index (χ3n) is 3.97. The predicted octanol–water partition coefficient (Wildman–Crippen LogP) is 0.699. The highest BCUT2D eigenvalue weighted by atomic mass is 16.4. The number of hydrogen-bond acceptors (Lipinski definition) is 3. The van der Waals surface area contributed by atoms with Crippen LogP contribution in [0.15, 0.2) is 0 Å². The average molecular weight is 254 g/mol. The summed E-state index contributed by atoms with van der Waals surface area (Å²) in [5, 5.41) is 11.9. The molecule has 2 heterocycles. The SMILES string of the molecule is O=C(O)CCC1CCCN(C(=O)CC2CNC2)C1. The van der Waals surface area contributed by atoms with E-state index < -0.39 is 5.97 Å². The lowest BCUT2D eigenvalue weighted by molar-refractivity contribution is -0.137. The van der Waals surface area contributed by atoms with Gasteiger partial charge >= 0.3 is 5.97 Å². The van der Waals surface area contributed by atoms with E-state index in [1.54, 1.807) is 0 Å². The van der Waals surface area contributed by atoms with Gasteiger partial charge in [-0.2, -0.15) is 0 Å². The van der Waals surface area contributed by atoms with Gasteiger partial charge in [0, 0.05) is 25.9 Å². The lowest BCUT2D eigenvalue weighted by atomic mass is 9.92. The number of likely N-dealkylation sites (tertiary alicyclic amines) is 1. The van der Waals surface area contributed by atoms with E-state index in [4.69, 9.17) is 5.11 Å². The molecule has 0 aromatic heterocycles. The molecule has 0 spiro atoms. The van der Waals surface area contributed by atoms with Crippen LogP contribution in [0.3, 0.4) is 0 Å². The highest BCUT2D eigenvalue weighted by Gasteiger charge is 2.27. The minimum Gasteiger partial charge on any atom is -0.481 e. The molecule has 0 aromatic carbocycles. The number of piperidine rings is 1. The normalized spacial score (nSPS) is 24.7. The Kier molecular flexibility index (Phi) is 4.58. The zero-order chi connectivity index (χ0) is 13.0. The summed E-state index contributed by atoms with van der Waals surface area (Å²) in [5.74, 6) is 0.399. The Morgan fingerprint density at radius 3 is 2.67 bits per heavy atom. The summed E-state index contributed by atoms with van der Waals surface area (Å²) in [6, 6.07) is 0. The number of aliphatic carboxylic acids is 1. The molecule has 2 aliphatic rings. The van der Waals surface area contributed by atoms with Crippen LogP contribution in [0, 0.1) is 11.8 Å². The third kappa shape index (κ3) is 3.70. The summed E-state index contributed by atoms with van der Waals surface area (Å²) in [6.45, 7) is 3.53. The monoisotopic (exact) mass is 254 g/mol. The molecule has 0 aliphatic carbocycles. The minimum atomic E-state index is -0.737. The highest BCUT2D eigenvalue weighted by Crippen LogP contribution is 2.22. The Hall–Kier alpha value is -1.10. The summed E-state index contributed by atoms with van der Waals surface area (Å²) in [6.07, 6.45) is 3.64. The summed E-state index contributed by atoms with van der Waals surface area (Å²) in [5.41, 5.74) is 0. The molecule has 2 aliphatic heterocycles. The van der Waals surface area contributed by atoms with E-state index in [2.05, 4.69) is 5.32 Å². The zero-order valence-corrected chi connectivity index (χ0v) is 10.7. The van der Waals surface area contributed by atoms with Crippen LogP contribution in [0.4, 0.5) is 0 Å². The number of carbonyl (C=O) groups excluding carboxylic acids is 1. The van der Waals surface area contributed by atoms with Crippen molar-refractivity contribution in [3.8, 4) is 0 Å². The van der Waals surface area contributed by atoms with E-state index >= 15 is 0 Å². The largest absolute Gasteiger partial charge is 0.481 e. The Bertz CT molecular complexity index is 315. The van der Waals surface area contributed by atoms with Crippen molar-refractivity contribution in [2.45, 2.75) is 32.1 Å². The molecule has 2 rings (SSSR count). The van der Waals surface area contributed by atoms with E-state index in [0.717, 1.165) is 39.0 Å². The molecule has 0 bridgehead atoms. The number of carboxylic acid groups (broad SMARTS) is 1. The molecule has 1 amide bonds. The lowest BCUT2D eigenvalue weighted by Gasteiger charge is -2.35. The van der Waals surface area contributed by atoms with Crippen molar-refractivity contribution < 1.29 is 14.7 Å². The molecule has 1 atom stereocenters. The molecule has 0 saturated carbocycles. The summed E-state index contributed by atoms with van der Waals surface area (Å²) >= 11 is 0. The number of rotatable bonds is 5. The molecular formula is C13H22N2O3. The first-order valence-electron chi connectivity index (χ1n) is 6.85. The van der Waals surface area contributed by atoms with Gasteiger partial charge in [-0.1, -0.05) is 0 Å². The average Bonchev–Trinajstić information content (AvgIpc) is 2.31. The molecule has 2 N–H and O–H groups in total. The van der Waals surface area contributed by atoms with Gasteiger partial charge in [0.1, 0.15) is 0 Å². The Balaban J connectivity index is 1.74. The molecule has 5 heteroatoms. The molecule has 0 radical (unpaired) electrons. The highest BCUT2D eigenvalue weighted by molar-refractivity contribution is 5.76. The van der Waals surface area contributed by atoms with Crippen molar-refractivity contribution in [2.75, 3.05) is 26.2 Å². The Morgan fingerprint density at radius 2 is 2.06 bits per heavy atom. The van der Waals surface area contributed by atoms with Crippen LogP contribution in [-0.4, -0.2) is 48.1 Å². The fraction of sp³-hybridized carbons (Fsp3) is 0.846. The van der Waals surface area contributed by atoms with Crippen LogP contribution in [0.5, 0.6) is 0 Å². The lowest BCUT2D eigenvalue weighted by Crippen LogP contribution is -2.47. The second-order valence-electron chi connectivity index (χ2n) is 5.51. The van der Waals surface area contributed by atoms with Gasteiger partial charge in [0.05, 0.1) is 0 Å². The van der Waals surface area contributed by atoms with Crippen LogP contribution in [0.25, 0.3) is 0 Å². The Labute approximate surface area is 108 Å². The van der Waals surface area contributed by atoms with Crippen LogP contribution < -0.4 is 5.32 Å². The van der Waals surface area contributed by atoms with Crippen molar-refractivity contribution in [1.82, 2.24) is 10.2 Å². The number of carbonyl (C=O) groups is 2. The first-order valence-corrected chi connectivity index (χ1v) is 6.85. The molecule has 2 saturated heterocycles. The van der Waals surface area contributed by atoms with E-state index in [0.29, 0.717) is 24.7 Å². The molecule has 2 fully saturated rings. The van der Waals surface area contributed by atoms with Crippen molar-refractivity contribution in [2.24, 2.45) is 11.8 Å². The topological polar surface area (TPSA) is 69.6 Å². The van der Waals surface area contributed by atoms with Gasteiger partial charge in [0.2, 0.25) is 5.91 Å². The molecule has 5 nitrogen and oxygen atoms in total. The molecule has 0 aromatic rings. The quantitative estimate of drug-likeness (QED) is 0.757. The minimum absolute atomic E-state index is 0.221. The predicted molar refractivity (Wildman–Crippen MR) is 67.2 cm³/mol. The van der Waals surface area contributed by atoms with E-state index in [1.165, 1.54) is 0 Å². The van der Waals surface area contributed by atoms with E-state index in [1.807, 2.05) is 4.90 Å². The maximum atomic E-state index is 12.1. The zero-order valence-electron chi connectivity index (χ0n) is 10.7. The number of nitrogens with one attached hydrogen (secondary N) is 1. The molecular weight excluding hydrogens is 232 g/mol. The summed E-state index contributed by atoms with van der Waals surface area (Å²) < 4.78 is 0. The van der Waals surface area contributed by atoms with Gasteiger partial charge < -0.3 is 15.3 Å². The maximum absolute atomic E-state index is 12.1. The number of amides is 1. The summed E-state index contributed by atoms with van der Waals surface area (Å²) in [4.78, 5) is 24.6. The number of hydrogen-bond donors (Lipinski definition) is 2. The fourth-order valence-electron chi connectivity index (χ4n) is 2.72. The van der Waals surface area contributed by atoms with E-state index in [9.17, 15) is 9.59 Å². The summed E-state index contributed by atoms with van der Waals surface area (Å²) in [7, 11) is 0. The Morgan fingerprint density at radius 1 is 1.28 bits per heavy atom. The van der Waals surface area contributed by atoms with E-state index in [-0.39, 0.29) is 12.3 Å². The van der Waals surface area contributed by atoms with Crippen LogP contribution in [0.2, 0.25) is 0 Å². The fourth-order valence-corrected chi connectivity index (χ4v) is 2.72. The number of nitrogens with zero attached hydrogens (tertiary/aromatic N) is 1. The van der Waals surface area contributed by atoms with Crippen LogP contribution >= 0.6 is 0 Å². The first kappa shape index (κ1) is 13.3. The van der Waals surface area contributed by atoms with Crippen molar-refractivity contribution >= 4 is 11.9 Å². The molecule has 18 heavy (non-hydrogen) atoms. The van der Waals surface area contributed by atoms with Gasteiger partial charge in [0.15, 0.2) is 0 Å². The van der Waals surface area contributed by atoms with Gasteiger partial charge in [-0.05, 0) is 44.2 Å².